The molecule has 0 spiro atoms. The number of hydrogen-bond acceptors (Lipinski definition) is 7. The van der Waals surface area contributed by atoms with Gasteiger partial charge in [-0.3, -0.25) is 25.8 Å². The number of carbonyl (C=O) groups excluding carboxylic acids is 1. The summed E-state index contributed by atoms with van der Waals surface area (Å²) in [5.41, 5.74) is 8.52. The second kappa shape index (κ2) is 8.34. The fourth-order valence-corrected chi connectivity index (χ4v) is 2.76. The molecule has 1 aromatic heterocycles. The molecular formula is C20H20N6O3. The van der Waals surface area contributed by atoms with E-state index >= 15 is 0 Å². The van der Waals surface area contributed by atoms with Gasteiger partial charge in [0.05, 0.1) is 4.92 Å². The Morgan fingerprint density at radius 1 is 0.966 bits per heavy atom. The molecule has 0 aliphatic carbocycles. The van der Waals surface area contributed by atoms with Crippen molar-refractivity contribution in [3.8, 4) is 0 Å². The number of hydrazine groups is 1. The zero-order valence-corrected chi connectivity index (χ0v) is 16.2. The molecule has 0 unspecified atom stereocenters. The zero-order chi connectivity index (χ0) is 21.0. The Hall–Kier alpha value is -4.01. The fraction of sp³-hybridized carbons (Fsp3) is 0.150. The van der Waals surface area contributed by atoms with Crippen LogP contribution in [0.25, 0.3) is 0 Å². The van der Waals surface area contributed by atoms with Gasteiger partial charge in [0.25, 0.3) is 5.91 Å². The first kappa shape index (κ1) is 19.7. The van der Waals surface area contributed by atoms with Gasteiger partial charge in [-0.05, 0) is 49.6 Å². The van der Waals surface area contributed by atoms with Crippen LogP contribution in [0.2, 0.25) is 0 Å². The maximum absolute atomic E-state index is 12.4. The van der Waals surface area contributed by atoms with Crippen molar-refractivity contribution >= 4 is 28.9 Å². The lowest BCUT2D eigenvalue weighted by Gasteiger charge is -2.13. The minimum absolute atomic E-state index is 0.0198. The van der Waals surface area contributed by atoms with Gasteiger partial charge in [0.15, 0.2) is 0 Å². The van der Waals surface area contributed by atoms with Crippen LogP contribution >= 0.6 is 0 Å². The SMILES string of the molecule is Cc1ccccc1C(=O)NNc1ncnc(Nc2cccc(C)c2C)c1[N+](=O)[O-]. The highest BCUT2D eigenvalue weighted by Crippen LogP contribution is 2.32. The summed E-state index contributed by atoms with van der Waals surface area (Å²) in [5, 5.41) is 14.7. The van der Waals surface area contributed by atoms with Crippen LogP contribution in [0.1, 0.15) is 27.0 Å². The topological polar surface area (TPSA) is 122 Å². The quantitative estimate of drug-likeness (QED) is 0.431. The second-order valence-electron chi connectivity index (χ2n) is 6.44. The molecule has 0 saturated carbocycles. The van der Waals surface area contributed by atoms with E-state index in [-0.39, 0.29) is 17.3 Å². The van der Waals surface area contributed by atoms with E-state index in [1.165, 1.54) is 6.33 Å². The predicted molar refractivity (Wildman–Crippen MR) is 110 cm³/mol. The fourth-order valence-electron chi connectivity index (χ4n) is 2.76. The summed E-state index contributed by atoms with van der Waals surface area (Å²) in [6, 6.07) is 12.6. The number of nitrogens with zero attached hydrogens (tertiary/aromatic N) is 3. The first-order chi connectivity index (χ1) is 13.9. The van der Waals surface area contributed by atoms with Crippen molar-refractivity contribution in [3.05, 3.63) is 81.2 Å². The molecule has 0 bridgehead atoms. The van der Waals surface area contributed by atoms with Gasteiger partial charge in [-0.1, -0.05) is 30.3 Å². The Bertz CT molecular complexity index is 1080. The van der Waals surface area contributed by atoms with E-state index in [2.05, 4.69) is 26.1 Å². The molecule has 3 N–H and O–H groups in total. The Labute approximate surface area is 167 Å². The van der Waals surface area contributed by atoms with Crippen molar-refractivity contribution < 1.29 is 9.72 Å². The lowest BCUT2D eigenvalue weighted by atomic mass is 10.1. The Morgan fingerprint density at radius 3 is 2.38 bits per heavy atom. The third-order valence-electron chi connectivity index (χ3n) is 4.55. The van der Waals surface area contributed by atoms with Crippen LogP contribution < -0.4 is 16.2 Å². The maximum Gasteiger partial charge on any atom is 0.355 e. The monoisotopic (exact) mass is 392 g/mol. The molecular weight excluding hydrogens is 372 g/mol. The average Bonchev–Trinajstić information content (AvgIpc) is 2.70. The van der Waals surface area contributed by atoms with Crippen LogP contribution in [0.15, 0.2) is 48.8 Å². The summed E-state index contributed by atoms with van der Waals surface area (Å²) in [7, 11) is 0. The minimum Gasteiger partial charge on any atom is -0.334 e. The zero-order valence-electron chi connectivity index (χ0n) is 16.2. The molecule has 3 rings (SSSR count). The highest BCUT2D eigenvalue weighted by atomic mass is 16.6. The lowest BCUT2D eigenvalue weighted by Crippen LogP contribution is -2.30. The lowest BCUT2D eigenvalue weighted by molar-refractivity contribution is -0.383. The van der Waals surface area contributed by atoms with Crippen LogP contribution in [0.3, 0.4) is 0 Å². The summed E-state index contributed by atoms with van der Waals surface area (Å²) in [5.74, 6) is -0.536. The molecule has 0 aliphatic heterocycles. The molecule has 0 fully saturated rings. The second-order valence-corrected chi connectivity index (χ2v) is 6.44. The smallest absolute Gasteiger partial charge is 0.334 e. The van der Waals surface area contributed by atoms with Crippen molar-refractivity contribution in [1.29, 1.82) is 0 Å². The maximum atomic E-state index is 12.4. The van der Waals surface area contributed by atoms with Gasteiger partial charge < -0.3 is 5.32 Å². The molecule has 9 nitrogen and oxygen atoms in total. The number of nitro groups is 1. The van der Waals surface area contributed by atoms with E-state index in [0.717, 1.165) is 16.7 Å². The van der Waals surface area contributed by atoms with Gasteiger partial charge in [0, 0.05) is 11.3 Å². The third kappa shape index (κ3) is 4.29. The van der Waals surface area contributed by atoms with E-state index < -0.39 is 10.8 Å². The molecule has 29 heavy (non-hydrogen) atoms. The van der Waals surface area contributed by atoms with E-state index in [1.54, 1.807) is 31.2 Å². The highest BCUT2D eigenvalue weighted by molar-refractivity contribution is 5.96. The number of hydrogen-bond donors (Lipinski definition) is 3. The van der Waals surface area contributed by atoms with Crippen molar-refractivity contribution in [1.82, 2.24) is 15.4 Å². The molecule has 9 heteroatoms. The molecule has 3 aromatic rings. The first-order valence-corrected chi connectivity index (χ1v) is 8.83. The van der Waals surface area contributed by atoms with E-state index in [0.29, 0.717) is 11.3 Å². The van der Waals surface area contributed by atoms with Crippen LogP contribution in [0.5, 0.6) is 0 Å². The minimum atomic E-state index is -0.601. The van der Waals surface area contributed by atoms with E-state index in [9.17, 15) is 14.9 Å². The number of aromatic nitrogens is 2. The third-order valence-corrected chi connectivity index (χ3v) is 4.55. The van der Waals surface area contributed by atoms with Crippen LogP contribution in [-0.2, 0) is 0 Å². The molecule has 1 amide bonds. The van der Waals surface area contributed by atoms with Gasteiger partial charge >= 0.3 is 5.69 Å². The number of nitrogens with one attached hydrogen (secondary N) is 3. The number of carbonyl (C=O) groups is 1. The van der Waals surface area contributed by atoms with E-state index in [4.69, 9.17) is 0 Å². The van der Waals surface area contributed by atoms with Crippen LogP contribution in [-0.4, -0.2) is 20.8 Å². The summed E-state index contributed by atoms with van der Waals surface area (Å²) in [4.78, 5) is 31.4. The van der Waals surface area contributed by atoms with Crippen molar-refractivity contribution in [2.45, 2.75) is 20.8 Å². The summed E-state index contributed by atoms with van der Waals surface area (Å²) < 4.78 is 0. The summed E-state index contributed by atoms with van der Waals surface area (Å²) >= 11 is 0. The van der Waals surface area contributed by atoms with Crippen molar-refractivity contribution in [2.75, 3.05) is 10.7 Å². The van der Waals surface area contributed by atoms with Gasteiger partial charge in [-0.25, -0.2) is 9.97 Å². The predicted octanol–water partition coefficient (Wildman–Crippen LogP) is 3.81. The van der Waals surface area contributed by atoms with Crippen molar-refractivity contribution in [3.63, 3.8) is 0 Å². The normalized spacial score (nSPS) is 10.3. The number of anilines is 3. The Kier molecular flexibility index (Phi) is 5.68. The first-order valence-electron chi connectivity index (χ1n) is 8.83. The average molecular weight is 392 g/mol. The molecule has 2 aromatic carbocycles. The molecule has 148 valence electrons. The molecule has 1 heterocycles. The number of amides is 1. The standard InChI is InChI=1S/C20H20N6O3/c1-12-8-6-10-16(14(12)3)23-18-17(26(28)29)19(22-11-21-18)24-25-20(27)15-9-5-4-7-13(15)2/h4-11H,1-3H3,(H,25,27)(H2,21,22,23,24). The Balaban J connectivity index is 1.87. The number of aryl methyl sites for hydroxylation is 2. The van der Waals surface area contributed by atoms with Gasteiger partial charge in [0.2, 0.25) is 11.6 Å². The van der Waals surface area contributed by atoms with Gasteiger partial charge in [0.1, 0.15) is 6.33 Å². The summed E-state index contributed by atoms with van der Waals surface area (Å²) in [6.07, 6.45) is 1.18. The molecule has 0 aliphatic rings. The Morgan fingerprint density at radius 2 is 1.66 bits per heavy atom. The van der Waals surface area contributed by atoms with Gasteiger partial charge in [-0.15, -0.1) is 0 Å². The number of rotatable bonds is 6. The molecule has 0 atom stereocenters. The van der Waals surface area contributed by atoms with E-state index in [1.807, 2.05) is 32.0 Å². The molecule has 0 saturated heterocycles. The van der Waals surface area contributed by atoms with Crippen LogP contribution in [0, 0.1) is 30.9 Å². The molecule has 0 radical (unpaired) electrons. The van der Waals surface area contributed by atoms with Crippen LogP contribution in [0.4, 0.5) is 23.0 Å². The number of benzene rings is 2. The van der Waals surface area contributed by atoms with Gasteiger partial charge in [-0.2, -0.15) is 0 Å². The summed E-state index contributed by atoms with van der Waals surface area (Å²) in [6.45, 7) is 5.66. The largest absolute Gasteiger partial charge is 0.355 e. The van der Waals surface area contributed by atoms with Crippen molar-refractivity contribution in [2.24, 2.45) is 0 Å². The highest BCUT2D eigenvalue weighted by Gasteiger charge is 2.24.